The Labute approximate surface area is 390 Å². The lowest BCUT2D eigenvalue weighted by molar-refractivity contribution is -0.115. The molecule has 1 atom stereocenters. The van der Waals surface area contributed by atoms with Gasteiger partial charge in [0.15, 0.2) is 0 Å². The number of nitrogens with one attached hydrogen (secondary N) is 5. The zero-order valence-electron chi connectivity index (χ0n) is 34.5. The number of amides is 4. The summed E-state index contributed by atoms with van der Waals surface area (Å²) >= 11 is 6.52. The first-order chi connectivity index (χ1) is 31.9. The van der Waals surface area contributed by atoms with Gasteiger partial charge in [0.2, 0.25) is 5.91 Å². The molecule has 19 heteroatoms. The number of halogens is 1. The third-order valence-electron chi connectivity index (χ3n) is 10.8. The van der Waals surface area contributed by atoms with E-state index in [1.54, 1.807) is 70.4 Å². The van der Waals surface area contributed by atoms with Crippen LogP contribution in [0.25, 0.3) is 32.6 Å². The molecular formula is C47H38ClN7O8S3. The summed E-state index contributed by atoms with van der Waals surface area (Å²) in [5, 5.41) is 12.2. The van der Waals surface area contributed by atoms with Gasteiger partial charge in [0.1, 0.15) is 27.9 Å². The molecule has 0 unspecified atom stereocenters. The van der Waals surface area contributed by atoms with Crippen molar-refractivity contribution in [1.82, 2.24) is 15.0 Å². The predicted octanol–water partition coefficient (Wildman–Crippen LogP) is 10.2. The minimum atomic E-state index is -4.22. The van der Waals surface area contributed by atoms with Crippen LogP contribution < -0.4 is 25.6 Å². The Hall–Kier alpha value is -6.83. The normalized spacial score (nSPS) is 13.5. The van der Waals surface area contributed by atoms with Crippen LogP contribution in [0, 0.1) is 0 Å². The molecule has 0 aliphatic carbocycles. The van der Waals surface area contributed by atoms with Gasteiger partial charge in [-0.3, -0.25) is 24.3 Å². The fraction of sp³-hybridized carbons (Fsp3) is 0.128. The van der Waals surface area contributed by atoms with E-state index in [2.05, 4.69) is 30.9 Å². The van der Waals surface area contributed by atoms with Crippen molar-refractivity contribution in [3.05, 3.63) is 150 Å². The number of rotatable bonds is 14. The highest BCUT2D eigenvalue weighted by Crippen LogP contribution is 2.46. The Morgan fingerprint density at radius 2 is 1.45 bits per heavy atom. The maximum atomic E-state index is 14.4. The monoisotopic (exact) mass is 959 g/mol. The number of H-pyrrole nitrogens is 2. The van der Waals surface area contributed by atoms with Crippen LogP contribution in [0.4, 0.5) is 27.5 Å². The molecule has 0 fully saturated rings. The van der Waals surface area contributed by atoms with E-state index in [1.165, 1.54) is 35.1 Å². The molecule has 0 spiro atoms. The van der Waals surface area contributed by atoms with Crippen LogP contribution >= 0.6 is 33.2 Å². The van der Waals surface area contributed by atoms with E-state index in [1.807, 2.05) is 48.5 Å². The number of hydrogen-bond donors (Lipinski definition) is 6. The molecule has 9 rings (SSSR count). The average Bonchev–Trinajstić information content (AvgIpc) is 4.03. The van der Waals surface area contributed by atoms with Gasteiger partial charge in [-0.25, -0.2) is 9.78 Å². The van der Waals surface area contributed by atoms with Crippen LogP contribution in [0.1, 0.15) is 44.4 Å². The number of anilines is 4. The van der Waals surface area contributed by atoms with E-state index in [0.717, 1.165) is 26.9 Å². The molecule has 4 heterocycles. The number of benzene rings is 5. The second-order valence-corrected chi connectivity index (χ2v) is 19.6. The molecule has 0 bridgehead atoms. The summed E-state index contributed by atoms with van der Waals surface area (Å²) in [6.45, 7) is 0.272. The molecule has 3 aromatic heterocycles. The summed E-state index contributed by atoms with van der Waals surface area (Å²) < 4.78 is 37.5. The van der Waals surface area contributed by atoms with Crippen LogP contribution in [-0.2, 0) is 20.7 Å². The molecule has 6 N–H and O–H groups in total. The van der Waals surface area contributed by atoms with Gasteiger partial charge in [-0.1, -0.05) is 53.3 Å². The van der Waals surface area contributed by atoms with Crippen molar-refractivity contribution < 1.29 is 36.9 Å². The van der Waals surface area contributed by atoms with Crippen molar-refractivity contribution >= 4 is 122 Å². The lowest BCUT2D eigenvalue weighted by atomic mass is 9.95. The van der Waals surface area contributed by atoms with E-state index < -0.39 is 22.0 Å². The molecule has 8 aromatic rings. The van der Waals surface area contributed by atoms with Gasteiger partial charge < -0.3 is 30.2 Å². The van der Waals surface area contributed by atoms with E-state index in [0.29, 0.717) is 68.2 Å². The van der Waals surface area contributed by atoms with E-state index in [4.69, 9.17) is 20.9 Å². The minimum Gasteiger partial charge on any atom is -0.409 e. The maximum Gasteiger partial charge on any atom is 0.417 e. The summed E-state index contributed by atoms with van der Waals surface area (Å²) in [7, 11) is -1.14. The zero-order valence-corrected chi connectivity index (χ0v) is 37.7. The number of pyridine rings is 1. The second-order valence-electron chi connectivity index (χ2n) is 15.4. The standard InChI is InChI=1S/C47H38ClN7O8S3/c48-24-30-25-55(40-23-41(34-5-1-2-6-35(34)44(30)40)63-47(59)52-31-10-8-27(9-11-31)26-66(60,61)62)46(58)39-22-29-20-33(13-15-37(29)54-39)51-45(57)38-21-28-19-32(12-14-36(28)53-38)50-42(56)16-18-64-65-43-7-3-4-17-49-43/h1-15,17,19-23,30,53-54H,16,18,24-26H2,(H,50,56)(H,51,57)(H,52,59)(H,60,61,62)/t30-/m1/s1. The summed E-state index contributed by atoms with van der Waals surface area (Å²) in [6, 6.07) is 34.7. The van der Waals surface area contributed by atoms with Gasteiger partial charge in [-0.05, 0) is 100 Å². The summed E-state index contributed by atoms with van der Waals surface area (Å²) in [6.07, 6.45) is 1.24. The maximum absolute atomic E-state index is 14.4. The molecule has 66 heavy (non-hydrogen) atoms. The smallest absolute Gasteiger partial charge is 0.409 e. The highest BCUT2D eigenvalue weighted by Gasteiger charge is 2.36. The van der Waals surface area contributed by atoms with Gasteiger partial charge in [-0.2, -0.15) is 8.42 Å². The van der Waals surface area contributed by atoms with E-state index in [9.17, 15) is 27.6 Å². The van der Waals surface area contributed by atoms with Crippen LogP contribution in [0.3, 0.4) is 0 Å². The van der Waals surface area contributed by atoms with Crippen LogP contribution in [0.15, 0.2) is 133 Å². The number of fused-ring (bicyclic) bond motifs is 5. The Balaban J connectivity index is 0.874. The van der Waals surface area contributed by atoms with E-state index in [-0.39, 0.29) is 41.8 Å². The fourth-order valence-electron chi connectivity index (χ4n) is 7.81. The third-order valence-corrected chi connectivity index (χ3v) is 14.1. The summed E-state index contributed by atoms with van der Waals surface area (Å²) in [5.41, 5.74) is 5.18. The fourth-order valence-corrected chi connectivity index (χ4v) is 10.5. The molecule has 0 saturated heterocycles. The molecule has 4 amide bonds. The SMILES string of the molecule is O=C(CCSSc1ccccn1)Nc1ccc2[nH]c(C(=O)Nc3ccc4[nH]c(C(=O)N5C[C@@H](CCl)c6c5cc(OC(=O)Nc5ccc(CS(=O)(=O)O)cc5)c5ccccc65)cc4c3)cc2c1. The highest BCUT2D eigenvalue weighted by atomic mass is 35.5. The molecule has 1 aliphatic rings. The number of carbonyl (C=O) groups excluding carboxylic acids is 4. The molecule has 5 aromatic carbocycles. The number of aromatic nitrogens is 3. The van der Waals surface area contributed by atoms with Gasteiger partial charge in [0, 0.05) is 87.0 Å². The van der Waals surface area contributed by atoms with Crippen molar-refractivity contribution in [2.24, 2.45) is 0 Å². The molecule has 1 aliphatic heterocycles. The van der Waals surface area contributed by atoms with Crippen LogP contribution in [0.5, 0.6) is 5.75 Å². The van der Waals surface area contributed by atoms with Gasteiger partial charge >= 0.3 is 6.09 Å². The molecule has 0 saturated carbocycles. The quantitative estimate of drug-likeness (QED) is 0.0261. The van der Waals surface area contributed by atoms with Gasteiger partial charge in [0.05, 0.1) is 5.69 Å². The van der Waals surface area contributed by atoms with Crippen molar-refractivity contribution in [2.75, 3.05) is 39.0 Å². The Bertz CT molecular complexity index is 3290. The second kappa shape index (κ2) is 18.9. The number of aromatic amines is 2. The van der Waals surface area contributed by atoms with Crippen molar-refractivity contribution in [1.29, 1.82) is 0 Å². The molecule has 334 valence electrons. The molecule has 15 nitrogen and oxygen atoms in total. The van der Waals surface area contributed by atoms with Crippen molar-refractivity contribution in [2.45, 2.75) is 23.1 Å². The lowest BCUT2D eigenvalue weighted by Gasteiger charge is -2.19. The zero-order chi connectivity index (χ0) is 46.0. The highest BCUT2D eigenvalue weighted by molar-refractivity contribution is 8.76. The van der Waals surface area contributed by atoms with Crippen LogP contribution in [-0.4, -0.2) is 69.9 Å². The molecular weight excluding hydrogens is 922 g/mol. The number of carbonyl (C=O) groups is 4. The van der Waals surface area contributed by atoms with E-state index >= 15 is 0 Å². The molecule has 0 radical (unpaired) electrons. The number of alkyl halides is 1. The summed E-state index contributed by atoms with van der Waals surface area (Å²) in [4.78, 5) is 65.9. The van der Waals surface area contributed by atoms with Gasteiger partial charge in [-0.15, -0.1) is 11.6 Å². The lowest BCUT2D eigenvalue weighted by Crippen LogP contribution is -2.30. The minimum absolute atomic E-state index is 0.118. The van der Waals surface area contributed by atoms with Gasteiger partial charge in [0.25, 0.3) is 21.9 Å². The predicted molar refractivity (Wildman–Crippen MR) is 261 cm³/mol. The van der Waals surface area contributed by atoms with Crippen molar-refractivity contribution in [3.63, 3.8) is 0 Å². The Kier molecular flexibility index (Phi) is 12.7. The first-order valence-electron chi connectivity index (χ1n) is 20.4. The topological polar surface area (TPSA) is 216 Å². The average molecular weight is 961 g/mol. The number of hydrogen-bond acceptors (Lipinski definition) is 10. The third kappa shape index (κ3) is 10.0. The first kappa shape index (κ1) is 44.4. The Morgan fingerprint density at radius 1 is 0.788 bits per heavy atom. The van der Waals surface area contributed by atoms with Crippen LogP contribution in [0.2, 0.25) is 0 Å². The number of nitrogens with zero attached hydrogens (tertiary/aromatic N) is 2. The van der Waals surface area contributed by atoms with Crippen molar-refractivity contribution in [3.8, 4) is 5.75 Å². The first-order valence-corrected chi connectivity index (χ1v) is 24.9. The Morgan fingerprint density at radius 3 is 2.15 bits per heavy atom. The largest absolute Gasteiger partial charge is 0.417 e. The number of ether oxygens (including phenoxy) is 1. The summed E-state index contributed by atoms with van der Waals surface area (Å²) in [5.74, 6) is -0.578.